The minimum absolute atomic E-state index is 0.0975. The lowest BCUT2D eigenvalue weighted by atomic mass is 10.1. The molecule has 0 saturated carbocycles. The van der Waals surface area contributed by atoms with Crippen LogP contribution in [0.25, 0.3) is 10.9 Å². The summed E-state index contributed by atoms with van der Waals surface area (Å²) in [5, 5.41) is 3.70. The Balaban J connectivity index is 1.98. The molecular formula is C16H18BrN3O2. The number of likely N-dealkylation sites (tertiary alicyclic amines) is 1. The first-order valence-electron chi connectivity index (χ1n) is 7.38. The highest BCUT2D eigenvalue weighted by Gasteiger charge is 2.29. The second-order valence-electron chi connectivity index (χ2n) is 5.59. The van der Waals surface area contributed by atoms with Gasteiger partial charge in [-0.15, -0.1) is 0 Å². The third-order valence-corrected chi connectivity index (χ3v) is 4.59. The molecule has 116 valence electrons. The molecule has 0 spiro atoms. The van der Waals surface area contributed by atoms with Crippen molar-refractivity contribution in [3.8, 4) is 0 Å². The number of aromatic amines is 1. The van der Waals surface area contributed by atoms with E-state index in [9.17, 15) is 9.59 Å². The van der Waals surface area contributed by atoms with E-state index >= 15 is 0 Å². The Labute approximate surface area is 136 Å². The minimum atomic E-state index is -0.136. The minimum Gasteiger partial charge on any atom is -0.350 e. The predicted octanol–water partition coefficient (Wildman–Crippen LogP) is 2.11. The van der Waals surface area contributed by atoms with Crippen molar-refractivity contribution in [3.63, 3.8) is 0 Å². The summed E-state index contributed by atoms with van der Waals surface area (Å²) < 4.78 is 0.846. The van der Waals surface area contributed by atoms with Gasteiger partial charge in [-0.25, -0.2) is 0 Å². The van der Waals surface area contributed by atoms with Crippen molar-refractivity contribution in [1.29, 1.82) is 0 Å². The number of aromatic nitrogens is 1. The number of hydrogen-bond donors (Lipinski definition) is 2. The number of nitrogens with one attached hydrogen (secondary N) is 2. The average molecular weight is 364 g/mol. The van der Waals surface area contributed by atoms with E-state index in [0.717, 1.165) is 30.4 Å². The van der Waals surface area contributed by atoms with Crippen molar-refractivity contribution in [2.45, 2.75) is 18.9 Å². The SMILES string of the molecule is CNC[C@H]1CCCN1C(=O)c1cc(=O)c2cc(Br)ccc2[nH]1. The molecule has 0 radical (unpaired) electrons. The monoisotopic (exact) mass is 363 g/mol. The van der Waals surface area contributed by atoms with E-state index in [-0.39, 0.29) is 17.4 Å². The second-order valence-corrected chi connectivity index (χ2v) is 6.51. The van der Waals surface area contributed by atoms with Crippen molar-refractivity contribution in [2.75, 3.05) is 20.1 Å². The van der Waals surface area contributed by atoms with Gasteiger partial charge in [-0.05, 0) is 38.1 Å². The van der Waals surface area contributed by atoms with E-state index in [2.05, 4.69) is 26.2 Å². The summed E-state index contributed by atoms with van der Waals surface area (Å²) >= 11 is 3.36. The number of hydrogen-bond acceptors (Lipinski definition) is 3. The van der Waals surface area contributed by atoms with Crippen LogP contribution in [-0.2, 0) is 0 Å². The van der Waals surface area contributed by atoms with Crippen molar-refractivity contribution in [2.24, 2.45) is 0 Å². The zero-order valence-corrected chi connectivity index (χ0v) is 13.9. The zero-order chi connectivity index (χ0) is 15.7. The number of halogens is 1. The Morgan fingerprint density at radius 1 is 1.45 bits per heavy atom. The Kier molecular flexibility index (Phi) is 4.31. The molecule has 1 atom stereocenters. The van der Waals surface area contributed by atoms with Crippen molar-refractivity contribution in [3.05, 3.63) is 44.7 Å². The maximum atomic E-state index is 12.7. The number of rotatable bonds is 3. The summed E-state index contributed by atoms with van der Waals surface area (Å²) in [4.78, 5) is 29.9. The van der Waals surface area contributed by atoms with Gasteiger partial charge in [0.25, 0.3) is 5.91 Å². The summed E-state index contributed by atoms with van der Waals surface area (Å²) in [5.74, 6) is -0.0975. The Morgan fingerprint density at radius 2 is 2.27 bits per heavy atom. The van der Waals surface area contributed by atoms with Crippen LogP contribution in [0, 0.1) is 0 Å². The molecule has 1 aromatic carbocycles. The van der Waals surface area contributed by atoms with Gasteiger partial charge in [-0.3, -0.25) is 9.59 Å². The van der Waals surface area contributed by atoms with Gasteiger partial charge in [0, 0.05) is 40.6 Å². The first-order valence-corrected chi connectivity index (χ1v) is 8.17. The number of fused-ring (bicyclic) bond motifs is 1. The highest BCUT2D eigenvalue weighted by atomic mass is 79.9. The number of carbonyl (C=O) groups excluding carboxylic acids is 1. The summed E-state index contributed by atoms with van der Waals surface area (Å²) in [6.07, 6.45) is 2.00. The molecule has 22 heavy (non-hydrogen) atoms. The van der Waals surface area contributed by atoms with Crippen LogP contribution in [0.1, 0.15) is 23.3 Å². The lowest BCUT2D eigenvalue weighted by Crippen LogP contribution is -2.41. The summed E-state index contributed by atoms with van der Waals surface area (Å²) in [5.41, 5.74) is 0.911. The first-order chi connectivity index (χ1) is 10.6. The fourth-order valence-electron chi connectivity index (χ4n) is 3.04. The summed E-state index contributed by atoms with van der Waals surface area (Å²) in [7, 11) is 1.89. The molecule has 5 nitrogen and oxygen atoms in total. The van der Waals surface area contributed by atoms with Crippen molar-refractivity contribution >= 4 is 32.7 Å². The van der Waals surface area contributed by atoms with Crippen LogP contribution in [-0.4, -0.2) is 42.0 Å². The van der Waals surface area contributed by atoms with Crippen molar-refractivity contribution < 1.29 is 4.79 Å². The summed E-state index contributed by atoms with van der Waals surface area (Å²) in [6.45, 7) is 1.52. The van der Waals surface area contributed by atoms with Crippen LogP contribution in [0.2, 0.25) is 0 Å². The average Bonchev–Trinajstić information content (AvgIpc) is 2.95. The molecule has 2 heterocycles. The van der Waals surface area contributed by atoms with Gasteiger partial charge < -0.3 is 15.2 Å². The van der Waals surface area contributed by atoms with Gasteiger partial charge in [0.15, 0.2) is 5.43 Å². The predicted molar refractivity (Wildman–Crippen MR) is 90.3 cm³/mol. The molecule has 1 aliphatic heterocycles. The van der Waals surface area contributed by atoms with Crippen LogP contribution in [0.5, 0.6) is 0 Å². The van der Waals surface area contributed by atoms with Gasteiger partial charge in [0.05, 0.1) is 0 Å². The number of benzene rings is 1. The fraction of sp³-hybridized carbons (Fsp3) is 0.375. The largest absolute Gasteiger partial charge is 0.350 e. The van der Waals surface area contributed by atoms with Crippen LogP contribution in [0.4, 0.5) is 0 Å². The fourth-order valence-corrected chi connectivity index (χ4v) is 3.40. The number of carbonyl (C=O) groups is 1. The quantitative estimate of drug-likeness (QED) is 0.877. The molecule has 1 amide bonds. The lowest BCUT2D eigenvalue weighted by molar-refractivity contribution is 0.0731. The van der Waals surface area contributed by atoms with Crippen LogP contribution in [0.15, 0.2) is 33.5 Å². The molecule has 1 saturated heterocycles. The van der Waals surface area contributed by atoms with E-state index in [4.69, 9.17) is 0 Å². The molecule has 1 aromatic heterocycles. The Morgan fingerprint density at radius 3 is 3.05 bits per heavy atom. The van der Waals surface area contributed by atoms with E-state index in [1.54, 1.807) is 6.07 Å². The molecule has 0 bridgehead atoms. The second kappa shape index (κ2) is 6.22. The molecule has 3 rings (SSSR count). The van der Waals surface area contributed by atoms with E-state index in [0.29, 0.717) is 16.6 Å². The highest BCUT2D eigenvalue weighted by Crippen LogP contribution is 2.20. The number of pyridine rings is 1. The molecule has 1 fully saturated rings. The van der Waals surface area contributed by atoms with Gasteiger partial charge in [-0.1, -0.05) is 15.9 Å². The Hall–Kier alpha value is -1.66. The molecule has 2 aromatic rings. The topological polar surface area (TPSA) is 65.2 Å². The maximum Gasteiger partial charge on any atom is 0.270 e. The van der Waals surface area contributed by atoms with Gasteiger partial charge in [-0.2, -0.15) is 0 Å². The normalized spacial score (nSPS) is 18.1. The summed E-state index contributed by atoms with van der Waals surface area (Å²) in [6, 6.07) is 7.04. The molecule has 6 heteroatoms. The zero-order valence-electron chi connectivity index (χ0n) is 12.4. The number of nitrogens with zero attached hydrogens (tertiary/aromatic N) is 1. The number of amides is 1. The van der Waals surface area contributed by atoms with Gasteiger partial charge in [0.1, 0.15) is 5.69 Å². The maximum absolute atomic E-state index is 12.7. The van der Waals surface area contributed by atoms with E-state index in [1.807, 2.05) is 24.1 Å². The molecule has 1 aliphatic rings. The third kappa shape index (κ3) is 2.80. The Bertz CT molecular complexity index is 772. The van der Waals surface area contributed by atoms with Crippen LogP contribution in [0.3, 0.4) is 0 Å². The van der Waals surface area contributed by atoms with Crippen LogP contribution >= 0.6 is 15.9 Å². The molecule has 2 N–H and O–H groups in total. The smallest absolute Gasteiger partial charge is 0.270 e. The first kappa shape index (κ1) is 15.2. The highest BCUT2D eigenvalue weighted by molar-refractivity contribution is 9.10. The van der Waals surface area contributed by atoms with Crippen molar-refractivity contribution in [1.82, 2.24) is 15.2 Å². The third-order valence-electron chi connectivity index (χ3n) is 4.10. The van der Waals surface area contributed by atoms with E-state index < -0.39 is 0 Å². The molecule has 0 unspecified atom stereocenters. The lowest BCUT2D eigenvalue weighted by Gasteiger charge is -2.24. The number of likely N-dealkylation sites (N-methyl/N-ethyl adjacent to an activating group) is 1. The molecule has 0 aliphatic carbocycles. The molecular weight excluding hydrogens is 346 g/mol. The number of H-pyrrole nitrogens is 1. The van der Waals surface area contributed by atoms with E-state index in [1.165, 1.54) is 6.07 Å². The standard InChI is InChI=1S/C16H18BrN3O2/c1-18-9-11-3-2-6-20(11)16(22)14-8-15(21)12-7-10(17)4-5-13(12)19-14/h4-5,7-8,11,18H,2-3,6,9H2,1H3,(H,19,21)/t11-/m1/s1. The van der Waals surface area contributed by atoms with Gasteiger partial charge >= 0.3 is 0 Å². The van der Waals surface area contributed by atoms with Crippen LogP contribution < -0.4 is 10.7 Å². The van der Waals surface area contributed by atoms with Gasteiger partial charge in [0.2, 0.25) is 0 Å².